The van der Waals surface area contributed by atoms with Crippen LogP contribution in [0.3, 0.4) is 0 Å². The Morgan fingerprint density at radius 3 is 2.35 bits per heavy atom. The summed E-state index contributed by atoms with van der Waals surface area (Å²) in [6.07, 6.45) is 1.45. The van der Waals surface area contributed by atoms with Gasteiger partial charge in [-0.3, -0.25) is 19.3 Å². The summed E-state index contributed by atoms with van der Waals surface area (Å²) in [5.74, 6) is -0.280. The number of imide groups is 1. The van der Waals surface area contributed by atoms with Gasteiger partial charge in [-0.2, -0.15) is 0 Å². The third-order valence-corrected chi connectivity index (χ3v) is 5.12. The SMILES string of the molecule is CC1Cc2ccccc2N1C(=O)c1ccc(CN2C(=O)CCC2=O)cc1. The van der Waals surface area contributed by atoms with E-state index in [1.165, 1.54) is 10.5 Å². The highest BCUT2D eigenvalue weighted by Gasteiger charge is 2.31. The number of rotatable bonds is 3. The van der Waals surface area contributed by atoms with Crippen molar-refractivity contribution >= 4 is 23.4 Å². The van der Waals surface area contributed by atoms with Gasteiger partial charge in [-0.15, -0.1) is 0 Å². The molecule has 5 nitrogen and oxygen atoms in total. The molecule has 2 aliphatic heterocycles. The van der Waals surface area contributed by atoms with Gasteiger partial charge in [-0.05, 0) is 42.7 Å². The van der Waals surface area contributed by atoms with Crippen LogP contribution in [0.2, 0.25) is 0 Å². The number of benzene rings is 2. The van der Waals surface area contributed by atoms with E-state index >= 15 is 0 Å². The lowest BCUT2D eigenvalue weighted by molar-refractivity contribution is -0.139. The fourth-order valence-corrected chi connectivity index (χ4v) is 3.75. The highest BCUT2D eigenvalue weighted by Crippen LogP contribution is 2.33. The van der Waals surface area contributed by atoms with Gasteiger partial charge in [0, 0.05) is 30.1 Å². The smallest absolute Gasteiger partial charge is 0.258 e. The second kappa shape index (κ2) is 6.41. The summed E-state index contributed by atoms with van der Waals surface area (Å²) >= 11 is 0. The first-order chi connectivity index (χ1) is 12.5. The van der Waals surface area contributed by atoms with Gasteiger partial charge in [0.2, 0.25) is 11.8 Å². The van der Waals surface area contributed by atoms with Crippen molar-refractivity contribution in [2.75, 3.05) is 4.90 Å². The molecule has 2 aromatic rings. The molecule has 0 bridgehead atoms. The van der Waals surface area contributed by atoms with Crippen LogP contribution in [0, 0.1) is 0 Å². The third-order valence-electron chi connectivity index (χ3n) is 5.12. The molecule has 0 saturated carbocycles. The van der Waals surface area contributed by atoms with Crippen molar-refractivity contribution < 1.29 is 14.4 Å². The van der Waals surface area contributed by atoms with Gasteiger partial charge in [-0.1, -0.05) is 30.3 Å². The number of fused-ring (bicyclic) bond motifs is 1. The van der Waals surface area contributed by atoms with Gasteiger partial charge in [0.25, 0.3) is 5.91 Å². The van der Waals surface area contributed by atoms with Crippen LogP contribution in [0.25, 0.3) is 0 Å². The summed E-state index contributed by atoms with van der Waals surface area (Å²) in [4.78, 5) is 39.6. The minimum Gasteiger partial charge on any atom is -0.305 e. The summed E-state index contributed by atoms with van der Waals surface area (Å²) in [5.41, 5.74) is 3.62. The number of para-hydroxylation sites is 1. The Balaban J connectivity index is 1.53. The van der Waals surface area contributed by atoms with Crippen molar-refractivity contribution in [1.29, 1.82) is 0 Å². The Labute approximate surface area is 152 Å². The molecule has 5 heteroatoms. The maximum absolute atomic E-state index is 13.0. The fourth-order valence-electron chi connectivity index (χ4n) is 3.75. The fraction of sp³-hybridized carbons (Fsp3) is 0.286. The van der Waals surface area contributed by atoms with E-state index in [0.29, 0.717) is 18.4 Å². The Morgan fingerprint density at radius 1 is 1.00 bits per heavy atom. The lowest BCUT2D eigenvalue weighted by atomic mass is 10.1. The van der Waals surface area contributed by atoms with Crippen LogP contribution in [0.5, 0.6) is 0 Å². The zero-order valence-corrected chi connectivity index (χ0v) is 14.6. The van der Waals surface area contributed by atoms with Crippen molar-refractivity contribution in [2.45, 2.75) is 38.8 Å². The van der Waals surface area contributed by atoms with Crippen molar-refractivity contribution in [3.8, 4) is 0 Å². The number of hydrogen-bond donors (Lipinski definition) is 0. The summed E-state index contributed by atoms with van der Waals surface area (Å²) < 4.78 is 0. The van der Waals surface area contributed by atoms with Gasteiger partial charge in [0.05, 0.1) is 6.54 Å². The molecule has 3 amide bonds. The van der Waals surface area contributed by atoms with Gasteiger partial charge in [-0.25, -0.2) is 0 Å². The summed E-state index contributed by atoms with van der Waals surface area (Å²) in [5, 5.41) is 0. The quantitative estimate of drug-likeness (QED) is 0.802. The van der Waals surface area contributed by atoms with E-state index < -0.39 is 0 Å². The minimum atomic E-state index is -0.127. The van der Waals surface area contributed by atoms with Crippen LogP contribution < -0.4 is 4.90 Å². The van der Waals surface area contributed by atoms with Gasteiger partial charge in [0.1, 0.15) is 0 Å². The molecular weight excluding hydrogens is 328 g/mol. The van der Waals surface area contributed by atoms with E-state index in [4.69, 9.17) is 0 Å². The Bertz CT molecular complexity index is 872. The highest BCUT2D eigenvalue weighted by molar-refractivity contribution is 6.07. The maximum atomic E-state index is 13.0. The van der Waals surface area contributed by atoms with Crippen LogP contribution >= 0.6 is 0 Å². The van der Waals surface area contributed by atoms with Crippen molar-refractivity contribution in [3.05, 3.63) is 65.2 Å². The van der Waals surface area contributed by atoms with Crippen LogP contribution in [0.15, 0.2) is 48.5 Å². The predicted octanol–water partition coefficient (Wildman–Crippen LogP) is 2.93. The summed E-state index contributed by atoms with van der Waals surface area (Å²) in [7, 11) is 0. The van der Waals surface area contributed by atoms with Crippen LogP contribution in [0.1, 0.15) is 41.3 Å². The lowest BCUT2D eigenvalue weighted by Gasteiger charge is -2.23. The monoisotopic (exact) mass is 348 g/mol. The molecule has 2 aromatic carbocycles. The molecule has 132 valence electrons. The standard InChI is InChI=1S/C21H20N2O3/c1-14-12-17-4-2-3-5-18(17)23(14)21(26)16-8-6-15(7-9-16)13-22-19(24)10-11-20(22)25/h2-9,14H,10-13H2,1H3. The van der Waals surface area contributed by atoms with E-state index in [0.717, 1.165) is 17.7 Å². The predicted molar refractivity (Wildman–Crippen MR) is 97.7 cm³/mol. The number of carbonyl (C=O) groups excluding carboxylic acids is 3. The maximum Gasteiger partial charge on any atom is 0.258 e. The van der Waals surface area contributed by atoms with Crippen LogP contribution in [-0.4, -0.2) is 28.7 Å². The molecule has 1 atom stereocenters. The number of anilines is 1. The highest BCUT2D eigenvalue weighted by atomic mass is 16.2. The molecule has 2 aliphatic rings. The lowest BCUT2D eigenvalue weighted by Crippen LogP contribution is -2.35. The molecule has 1 unspecified atom stereocenters. The first-order valence-corrected chi connectivity index (χ1v) is 8.88. The van der Waals surface area contributed by atoms with Crippen LogP contribution in [0.4, 0.5) is 5.69 Å². The van der Waals surface area contributed by atoms with Crippen LogP contribution in [-0.2, 0) is 22.6 Å². The minimum absolute atomic E-state index is 0.0256. The normalized spacial score (nSPS) is 19.2. The Kier molecular flexibility index (Phi) is 4.07. The van der Waals surface area contributed by atoms with E-state index in [-0.39, 0.29) is 30.3 Å². The second-order valence-electron chi connectivity index (χ2n) is 6.93. The number of hydrogen-bond acceptors (Lipinski definition) is 3. The first kappa shape index (κ1) is 16.5. The first-order valence-electron chi connectivity index (χ1n) is 8.88. The number of likely N-dealkylation sites (tertiary alicyclic amines) is 1. The molecule has 4 rings (SSSR count). The zero-order chi connectivity index (χ0) is 18.3. The largest absolute Gasteiger partial charge is 0.305 e. The van der Waals surface area contributed by atoms with Gasteiger partial charge in [0.15, 0.2) is 0 Å². The van der Waals surface area contributed by atoms with Crippen molar-refractivity contribution in [3.63, 3.8) is 0 Å². The van der Waals surface area contributed by atoms with E-state index in [9.17, 15) is 14.4 Å². The van der Waals surface area contributed by atoms with Gasteiger partial charge < -0.3 is 4.90 Å². The van der Waals surface area contributed by atoms with Crippen molar-refractivity contribution in [1.82, 2.24) is 4.90 Å². The van der Waals surface area contributed by atoms with E-state index in [1.54, 1.807) is 12.1 Å². The number of carbonyl (C=O) groups is 3. The average molecular weight is 348 g/mol. The summed E-state index contributed by atoms with van der Waals surface area (Å²) in [6, 6.07) is 15.3. The number of nitrogens with zero attached hydrogens (tertiary/aromatic N) is 2. The molecule has 2 heterocycles. The summed E-state index contributed by atoms with van der Waals surface area (Å²) in [6.45, 7) is 2.33. The van der Waals surface area contributed by atoms with E-state index in [2.05, 4.69) is 13.0 Å². The molecule has 0 aromatic heterocycles. The third kappa shape index (κ3) is 2.79. The van der Waals surface area contributed by atoms with Gasteiger partial charge >= 0.3 is 0 Å². The molecule has 0 N–H and O–H groups in total. The van der Waals surface area contributed by atoms with E-state index in [1.807, 2.05) is 35.2 Å². The molecular formula is C21H20N2O3. The second-order valence-corrected chi connectivity index (χ2v) is 6.93. The molecule has 1 fully saturated rings. The molecule has 0 spiro atoms. The molecule has 26 heavy (non-hydrogen) atoms. The molecule has 0 aliphatic carbocycles. The number of amides is 3. The molecule has 0 radical (unpaired) electrons. The average Bonchev–Trinajstić information content (AvgIpc) is 3.14. The zero-order valence-electron chi connectivity index (χ0n) is 14.6. The Hall–Kier alpha value is -2.95. The molecule has 1 saturated heterocycles. The topological polar surface area (TPSA) is 57.7 Å². The Morgan fingerprint density at radius 2 is 1.65 bits per heavy atom. The van der Waals surface area contributed by atoms with Crippen molar-refractivity contribution in [2.24, 2.45) is 0 Å².